The molecule has 138 valence electrons. The molecule has 1 amide bonds. The average molecular weight is 376 g/mol. The lowest BCUT2D eigenvalue weighted by Crippen LogP contribution is -2.38. The number of aromatic nitrogens is 3. The average Bonchev–Trinajstić information content (AvgIpc) is 2.68. The number of benzene rings is 1. The molecule has 0 atom stereocenters. The lowest BCUT2D eigenvalue weighted by Gasteiger charge is -2.27. The van der Waals surface area contributed by atoms with Crippen LogP contribution in [0.3, 0.4) is 0 Å². The third-order valence-corrected chi connectivity index (χ3v) is 4.37. The van der Waals surface area contributed by atoms with Gasteiger partial charge in [-0.25, -0.2) is 0 Å². The van der Waals surface area contributed by atoms with Gasteiger partial charge in [0.05, 0.1) is 13.2 Å². The number of nitrogens with zero attached hydrogens (tertiary/aromatic N) is 5. The number of carbonyl (C=O) groups excluding carboxylic acids is 1. The van der Waals surface area contributed by atoms with Gasteiger partial charge in [0.15, 0.2) is 0 Å². The maximum Gasteiger partial charge on any atom is 0.260 e. The van der Waals surface area contributed by atoms with Crippen LogP contribution in [-0.2, 0) is 11.2 Å². The van der Waals surface area contributed by atoms with Gasteiger partial charge in [0.2, 0.25) is 11.9 Å². The Bertz CT molecular complexity index is 763. The largest absolute Gasteiger partial charge is 0.378 e. The molecule has 0 N–H and O–H groups in total. The molecular formula is C18H22ClN5O2. The Labute approximate surface area is 158 Å². The topological polar surface area (TPSA) is 71.5 Å². The maximum absolute atomic E-state index is 12.8. The predicted molar refractivity (Wildman–Crippen MR) is 101 cm³/mol. The second kappa shape index (κ2) is 8.42. The fourth-order valence-electron chi connectivity index (χ4n) is 2.66. The molecule has 7 nitrogen and oxygen atoms in total. The summed E-state index contributed by atoms with van der Waals surface area (Å²) in [5.74, 6) is 1.44. The Morgan fingerprint density at radius 2 is 1.88 bits per heavy atom. The maximum atomic E-state index is 12.8. The molecule has 3 rings (SSSR count). The van der Waals surface area contributed by atoms with Crippen molar-refractivity contribution in [2.75, 3.05) is 43.2 Å². The number of aryl methyl sites for hydroxylation is 1. The summed E-state index contributed by atoms with van der Waals surface area (Å²) in [4.78, 5) is 29.9. The molecule has 1 aliphatic rings. The number of hydrogen-bond acceptors (Lipinski definition) is 6. The van der Waals surface area contributed by atoms with Crippen molar-refractivity contribution in [3.8, 4) is 0 Å². The Morgan fingerprint density at radius 1 is 1.19 bits per heavy atom. The highest BCUT2D eigenvalue weighted by Gasteiger charge is 2.21. The third kappa shape index (κ3) is 4.28. The van der Waals surface area contributed by atoms with E-state index in [0.717, 1.165) is 25.9 Å². The van der Waals surface area contributed by atoms with Gasteiger partial charge in [-0.15, -0.1) is 0 Å². The minimum absolute atomic E-state index is 0.191. The molecule has 0 spiro atoms. The molecule has 1 fully saturated rings. The standard InChI is InChI=1S/C18H22ClN5O2/c1-3-4-15-20-17(22-18(21-15)24-9-11-26-12-10-24)23(2)16(25)13-5-7-14(19)8-6-13/h5-8H,3-4,9-12H2,1-2H3. The van der Waals surface area contributed by atoms with E-state index in [4.69, 9.17) is 16.3 Å². The van der Waals surface area contributed by atoms with E-state index in [1.807, 2.05) is 0 Å². The first-order chi connectivity index (χ1) is 12.6. The zero-order chi connectivity index (χ0) is 18.5. The summed E-state index contributed by atoms with van der Waals surface area (Å²) in [6, 6.07) is 6.77. The van der Waals surface area contributed by atoms with Crippen LogP contribution in [0.4, 0.5) is 11.9 Å². The second-order valence-corrected chi connectivity index (χ2v) is 6.51. The lowest BCUT2D eigenvalue weighted by atomic mass is 10.2. The van der Waals surface area contributed by atoms with Crippen molar-refractivity contribution in [2.45, 2.75) is 19.8 Å². The quantitative estimate of drug-likeness (QED) is 0.799. The van der Waals surface area contributed by atoms with Crippen LogP contribution in [0.1, 0.15) is 29.5 Å². The summed E-state index contributed by atoms with van der Waals surface area (Å²) in [6.45, 7) is 4.81. The summed E-state index contributed by atoms with van der Waals surface area (Å²) < 4.78 is 5.39. The number of rotatable bonds is 5. The molecule has 0 bridgehead atoms. The highest BCUT2D eigenvalue weighted by Crippen LogP contribution is 2.18. The van der Waals surface area contributed by atoms with Crippen molar-refractivity contribution in [3.63, 3.8) is 0 Å². The monoisotopic (exact) mass is 375 g/mol. The van der Waals surface area contributed by atoms with Crippen molar-refractivity contribution in [3.05, 3.63) is 40.7 Å². The fourth-order valence-corrected chi connectivity index (χ4v) is 2.79. The van der Waals surface area contributed by atoms with Crippen molar-refractivity contribution >= 4 is 29.4 Å². The van der Waals surface area contributed by atoms with Crippen LogP contribution < -0.4 is 9.80 Å². The summed E-state index contributed by atoms with van der Waals surface area (Å²) in [5, 5.41) is 0.587. The molecule has 2 heterocycles. The SMILES string of the molecule is CCCc1nc(N2CCOCC2)nc(N(C)C(=O)c2ccc(Cl)cc2)n1. The molecule has 26 heavy (non-hydrogen) atoms. The molecular weight excluding hydrogens is 354 g/mol. The van der Waals surface area contributed by atoms with Crippen molar-refractivity contribution < 1.29 is 9.53 Å². The van der Waals surface area contributed by atoms with Gasteiger partial charge in [0.1, 0.15) is 5.82 Å². The van der Waals surface area contributed by atoms with E-state index in [0.29, 0.717) is 41.5 Å². The Hall–Kier alpha value is -2.25. The number of amides is 1. The molecule has 1 saturated heterocycles. The van der Waals surface area contributed by atoms with E-state index in [1.54, 1.807) is 31.3 Å². The van der Waals surface area contributed by atoms with Crippen LogP contribution in [-0.4, -0.2) is 54.2 Å². The van der Waals surface area contributed by atoms with Crippen molar-refractivity contribution in [2.24, 2.45) is 0 Å². The Kier molecular flexibility index (Phi) is 6.00. The zero-order valence-electron chi connectivity index (χ0n) is 15.0. The Morgan fingerprint density at radius 3 is 2.54 bits per heavy atom. The minimum Gasteiger partial charge on any atom is -0.378 e. The molecule has 0 saturated carbocycles. The first-order valence-corrected chi connectivity index (χ1v) is 9.07. The summed E-state index contributed by atoms with van der Waals surface area (Å²) in [6.07, 6.45) is 1.65. The van der Waals surface area contributed by atoms with E-state index >= 15 is 0 Å². The molecule has 0 radical (unpaired) electrons. The van der Waals surface area contributed by atoms with Gasteiger partial charge in [-0.2, -0.15) is 15.0 Å². The van der Waals surface area contributed by atoms with E-state index in [1.165, 1.54) is 4.90 Å². The van der Waals surface area contributed by atoms with Gasteiger partial charge in [0, 0.05) is 37.1 Å². The highest BCUT2D eigenvalue weighted by atomic mass is 35.5. The van der Waals surface area contributed by atoms with Gasteiger partial charge < -0.3 is 9.64 Å². The molecule has 1 aromatic carbocycles. The van der Waals surface area contributed by atoms with Crippen LogP contribution >= 0.6 is 11.6 Å². The summed E-state index contributed by atoms with van der Waals surface area (Å²) in [5.41, 5.74) is 0.530. The number of hydrogen-bond donors (Lipinski definition) is 0. The number of halogens is 1. The van der Waals surface area contributed by atoms with Gasteiger partial charge in [-0.05, 0) is 30.7 Å². The first-order valence-electron chi connectivity index (χ1n) is 8.69. The molecule has 8 heteroatoms. The van der Waals surface area contributed by atoms with Gasteiger partial charge in [-0.1, -0.05) is 18.5 Å². The van der Waals surface area contributed by atoms with Crippen LogP contribution in [0.5, 0.6) is 0 Å². The first kappa shape index (κ1) is 18.5. The number of morpholine rings is 1. The van der Waals surface area contributed by atoms with Crippen LogP contribution in [0.2, 0.25) is 5.02 Å². The smallest absolute Gasteiger partial charge is 0.260 e. The number of carbonyl (C=O) groups is 1. The van der Waals surface area contributed by atoms with E-state index in [9.17, 15) is 4.79 Å². The summed E-state index contributed by atoms with van der Waals surface area (Å²) in [7, 11) is 1.67. The molecule has 1 aromatic heterocycles. The lowest BCUT2D eigenvalue weighted by molar-refractivity contribution is 0.0991. The zero-order valence-corrected chi connectivity index (χ0v) is 15.7. The molecule has 1 aliphatic heterocycles. The second-order valence-electron chi connectivity index (χ2n) is 6.07. The number of anilines is 2. The Balaban J connectivity index is 1.90. The fraction of sp³-hybridized carbons (Fsp3) is 0.444. The third-order valence-electron chi connectivity index (χ3n) is 4.12. The molecule has 0 aliphatic carbocycles. The number of ether oxygens (including phenoxy) is 1. The molecule has 2 aromatic rings. The van der Waals surface area contributed by atoms with E-state index in [2.05, 4.69) is 26.8 Å². The predicted octanol–water partition coefficient (Wildman–Crippen LogP) is 2.59. The van der Waals surface area contributed by atoms with Gasteiger partial charge >= 0.3 is 0 Å². The van der Waals surface area contributed by atoms with Crippen LogP contribution in [0, 0.1) is 0 Å². The molecule has 0 unspecified atom stereocenters. The van der Waals surface area contributed by atoms with E-state index < -0.39 is 0 Å². The van der Waals surface area contributed by atoms with Crippen LogP contribution in [0.25, 0.3) is 0 Å². The highest BCUT2D eigenvalue weighted by molar-refractivity contribution is 6.30. The van der Waals surface area contributed by atoms with Gasteiger partial charge in [-0.3, -0.25) is 9.69 Å². The van der Waals surface area contributed by atoms with Crippen molar-refractivity contribution in [1.29, 1.82) is 0 Å². The summed E-state index contributed by atoms with van der Waals surface area (Å²) >= 11 is 5.90. The normalized spacial score (nSPS) is 14.3. The van der Waals surface area contributed by atoms with Crippen LogP contribution in [0.15, 0.2) is 24.3 Å². The van der Waals surface area contributed by atoms with Gasteiger partial charge in [0.25, 0.3) is 5.91 Å². The van der Waals surface area contributed by atoms with Crippen molar-refractivity contribution in [1.82, 2.24) is 15.0 Å². The van der Waals surface area contributed by atoms with E-state index in [-0.39, 0.29) is 5.91 Å². The minimum atomic E-state index is -0.191.